The van der Waals surface area contributed by atoms with E-state index >= 15 is 0 Å². The molecule has 0 saturated carbocycles. The van der Waals surface area contributed by atoms with E-state index in [1.807, 2.05) is 30.4 Å². The Labute approximate surface area is 102 Å². The van der Waals surface area contributed by atoms with Gasteiger partial charge in [-0.05, 0) is 16.7 Å². The fourth-order valence-electron chi connectivity index (χ4n) is 1.66. The standard InChI is InChI=1S/C16H13N/c17-13-5-4-6-14-9-11-16(12-10-14)15-7-2-1-3-8-15/h1-4,6-12H,5H2. The molecule has 0 aliphatic heterocycles. The van der Waals surface area contributed by atoms with Crippen LogP contribution in [-0.2, 0) is 0 Å². The summed E-state index contributed by atoms with van der Waals surface area (Å²) in [4.78, 5) is 0. The van der Waals surface area contributed by atoms with Crippen LogP contribution in [-0.4, -0.2) is 0 Å². The minimum atomic E-state index is 0.459. The van der Waals surface area contributed by atoms with Crippen LogP contribution in [0.25, 0.3) is 17.2 Å². The lowest BCUT2D eigenvalue weighted by molar-refractivity contribution is 1.36. The third-order valence-corrected chi connectivity index (χ3v) is 2.54. The number of hydrogen-bond acceptors (Lipinski definition) is 1. The minimum Gasteiger partial charge on any atom is -0.198 e. The highest BCUT2D eigenvalue weighted by atomic mass is 14.2. The molecule has 0 fully saturated rings. The molecule has 0 spiro atoms. The largest absolute Gasteiger partial charge is 0.198 e. The first kappa shape index (κ1) is 11.2. The van der Waals surface area contributed by atoms with Crippen molar-refractivity contribution in [2.75, 3.05) is 0 Å². The Hall–Kier alpha value is -2.33. The normalized spacial score (nSPS) is 10.3. The Morgan fingerprint density at radius 3 is 2.18 bits per heavy atom. The zero-order valence-corrected chi connectivity index (χ0v) is 9.51. The number of allylic oxidation sites excluding steroid dienone is 1. The van der Waals surface area contributed by atoms with Crippen LogP contribution >= 0.6 is 0 Å². The van der Waals surface area contributed by atoms with E-state index in [0.29, 0.717) is 6.42 Å². The average molecular weight is 219 g/mol. The predicted molar refractivity (Wildman–Crippen MR) is 71.1 cm³/mol. The van der Waals surface area contributed by atoms with Gasteiger partial charge >= 0.3 is 0 Å². The van der Waals surface area contributed by atoms with Gasteiger partial charge in [0.05, 0.1) is 12.5 Å². The topological polar surface area (TPSA) is 23.8 Å². The monoisotopic (exact) mass is 219 g/mol. The van der Waals surface area contributed by atoms with Gasteiger partial charge in [0, 0.05) is 0 Å². The number of benzene rings is 2. The summed E-state index contributed by atoms with van der Waals surface area (Å²) >= 11 is 0. The van der Waals surface area contributed by atoms with Crippen LogP contribution < -0.4 is 0 Å². The summed E-state index contributed by atoms with van der Waals surface area (Å²) in [6, 6.07) is 20.7. The summed E-state index contributed by atoms with van der Waals surface area (Å²) in [5, 5.41) is 8.44. The third kappa shape index (κ3) is 3.06. The molecule has 0 saturated heterocycles. The molecular formula is C16H13N. The zero-order chi connectivity index (χ0) is 11.9. The highest BCUT2D eigenvalue weighted by Crippen LogP contribution is 2.19. The molecule has 2 aromatic rings. The molecule has 2 rings (SSSR count). The van der Waals surface area contributed by atoms with Crippen molar-refractivity contribution in [3.63, 3.8) is 0 Å². The molecule has 0 heterocycles. The molecule has 0 N–H and O–H groups in total. The van der Waals surface area contributed by atoms with Crippen molar-refractivity contribution in [2.45, 2.75) is 6.42 Å². The van der Waals surface area contributed by atoms with Crippen LogP contribution in [0.5, 0.6) is 0 Å². The zero-order valence-electron chi connectivity index (χ0n) is 9.51. The van der Waals surface area contributed by atoms with Crippen molar-refractivity contribution < 1.29 is 0 Å². The van der Waals surface area contributed by atoms with Gasteiger partial charge in [-0.1, -0.05) is 66.7 Å². The van der Waals surface area contributed by atoms with E-state index in [-0.39, 0.29) is 0 Å². The average Bonchev–Trinajstić information content (AvgIpc) is 2.41. The maximum absolute atomic E-state index is 8.44. The van der Waals surface area contributed by atoms with Gasteiger partial charge in [0.25, 0.3) is 0 Å². The molecular weight excluding hydrogens is 206 g/mol. The first-order chi connectivity index (χ1) is 8.40. The Balaban J connectivity index is 2.17. The summed E-state index contributed by atoms with van der Waals surface area (Å²) in [6.45, 7) is 0. The van der Waals surface area contributed by atoms with E-state index < -0.39 is 0 Å². The van der Waals surface area contributed by atoms with E-state index in [1.54, 1.807) is 0 Å². The summed E-state index contributed by atoms with van der Waals surface area (Å²) in [5.74, 6) is 0. The first-order valence-electron chi connectivity index (χ1n) is 5.59. The molecule has 0 atom stereocenters. The molecule has 17 heavy (non-hydrogen) atoms. The quantitative estimate of drug-likeness (QED) is 0.755. The summed E-state index contributed by atoms with van der Waals surface area (Å²) in [6.07, 6.45) is 4.30. The van der Waals surface area contributed by atoms with E-state index in [1.165, 1.54) is 11.1 Å². The van der Waals surface area contributed by atoms with Crippen molar-refractivity contribution in [3.8, 4) is 17.2 Å². The van der Waals surface area contributed by atoms with Crippen molar-refractivity contribution in [1.29, 1.82) is 5.26 Å². The molecule has 2 aromatic carbocycles. The molecule has 0 aliphatic carbocycles. The lowest BCUT2D eigenvalue weighted by atomic mass is 10.0. The van der Waals surface area contributed by atoms with Crippen LogP contribution in [0.2, 0.25) is 0 Å². The predicted octanol–water partition coefficient (Wildman–Crippen LogP) is 4.28. The molecule has 1 nitrogen and oxygen atoms in total. The van der Waals surface area contributed by atoms with Crippen molar-refractivity contribution in [2.24, 2.45) is 0 Å². The van der Waals surface area contributed by atoms with Crippen LogP contribution in [0, 0.1) is 11.3 Å². The maximum atomic E-state index is 8.44. The van der Waals surface area contributed by atoms with Gasteiger partial charge in [0.1, 0.15) is 0 Å². The van der Waals surface area contributed by atoms with E-state index in [2.05, 4.69) is 42.5 Å². The molecule has 0 unspecified atom stereocenters. The van der Waals surface area contributed by atoms with Crippen molar-refractivity contribution in [3.05, 3.63) is 66.2 Å². The summed E-state index contributed by atoms with van der Waals surface area (Å²) in [5.41, 5.74) is 3.56. The number of nitriles is 1. The molecule has 1 heteroatoms. The maximum Gasteiger partial charge on any atom is 0.0663 e. The second kappa shape index (κ2) is 5.67. The van der Waals surface area contributed by atoms with Crippen molar-refractivity contribution >= 4 is 6.08 Å². The third-order valence-electron chi connectivity index (χ3n) is 2.54. The second-order valence-electron chi connectivity index (χ2n) is 3.75. The van der Waals surface area contributed by atoms with Gasteiger partial charge in [0.15, 0.2) is 0 Å². The molecule has 0 amide bonds. The fourth-order valence-corrected chi connectivity index (χ4v) is 1.66. The summed E-state index contributed by atoms with van der Waals surface area (Å²) in [7, 11) is 0. The van der Waals surface area contributed by atoms with Crippen LogP contribution in [0.4, 0.5) is 0 Å². The fraction of sp³-hybridized carbons (Fsp3) is 0.0625. The Morgan fingerprint density at radius 2 is 1.53 bits per heavy atom. The molecule has 82 valence electrons. The van der Waals surface area contributed by atoms with Crippen LogP contribution in [0.3, 0.4) is 0 Å². The lowest BCUT2D eigenvalue weighted by Crippen LogP contribution is -1.77. The highest BCUT2D eigenvalue weighted by Gasteiger charge is 1.95. The lowest BCUT2D eigenvalue weighted by Gasteiger charge is -2.01. The van der Waals surface area contributed by atoms with E-state index in [0.717, 1.165) is 5.56 Å². The van der Waals surface area contributed by atoms with Crippen LogP contribution in [0.1, 0.15) is 12.0 Å². The highest BCUT2D eigenvalue weighted by molar-refractivity contribution is 5.65. The Kier molecular flexibility index (Phi) is 3.72. The molecule has 0 aromatic heterocycles. The van der Waals surface area contributed by atoms with Gasteiger partial charge in [0.2, 0.25) is 0 Å². The molecule has 0 radical (unpaired) electrons. The SMILES string of the molecule is N#CCC=Cc1ccc(-c2ccccc2)cc1. The smallest absolute Gasteiger partial charge is 0.0663 e. The van der Waals surface area contributed by atoms with E-state index in [4.69, 9.17) is 5.26 Å². The Morgan fingerprint density at radius 1 is 0.882 bits per heavy atom. The first-order valence-corrected chi connectivity index (χ1v) is 5.59. The second-order valence-corrected chi connectivity index (χ2v) is 3.75. The molecule has 0 aliphatic rings. The van der Waals surface area contributed by atoms with Gasteiger partial charge in [-0.2, -0.15) is 5.26 Å². The molecule has 0 bridgehead atoms. The minimum absolute atomic E-state index is 0.459. The number of hydrogen-bond donors (Lipinski definition) is 0. The van der Waals surface area contributed by atoms with Crippen molar-refractivity contribution in [1.82, 2.24) is 0 Å². The van der Waals surface area contributed by atoms with Gasteiger partial charge in [-0.25, -0.2) is 0 Å². The Bertz CT molecular complexity index is 530. The van der Waals surface area contributed by atoms with Crippen LogP contribution in [0.15, 0.2) is 60.7 Å². The van der Waals surface area contributed by atoms with Gasteiger partial charge < -0.3 is 0 Å². The van der Waals surface area contributed by atoms with Gasteiger partial charge in [-0.3, -0.25) is 0 Å². The van der Waals surface area contributed by atoms with Gasteiger partial charge in [-0.15, -0.1) is 0 Å². The number of rotatable bonds is 3. The van der Waals surface area contributed by atoms with E-state index in [9.17, 15) is 0 Å². The number of nitrogens with zero attached hydrogens (tertiary/aromatic N) is 1. The summed E-state index contributed by atoms with van der Waals surface area (Å²) < 4.78 is 0.